The molecule has 2 N–H and O–H groups in total. The average molecular weight is 174 g/mol. The molecule has 0 spiro atoms. The maximum atomic E-state index is 10.8. The van der Waals surface area contributed by atoms with Gasteiger partial charge in [0.1, 0.15) is 0 Å². The molecule has 0 aliphatic heterocycles. The van der Waals surface area contributed by atoms with E-state index in [0.29, 0.717) is 0 Å². The van der Waals surface area contributed by atoms with E-state index in [0.717, 1.165) is 0 Å². The molecule has 0 aliphatic carbocycles. The molecule has 0 rings (SSSR count). The molecule has 3 nitrogen and oxygen atoms in total. The van der Waals surface area contributed by atoms with Gasteiger partial charge in [-0.1, -0.05) is 0 Å². The van der Waals surface area contributed by atoms with Crippen LogP contribution in [0.15, 0.2) is 0 Å². The summed E-state index contributed by atoms with van der Waals surface area (Å²) in [7, 11) is -5.85. The van der Waals surface area contributed by atoms with Crippen LogP contribution in [-0.4, -0.2) is 15.7 Å². The minimum atomic E-state index is -5.85. The van der Waals surface area contributed by atoms with E-state index in [4.69, 9.17) is 9.79 Å². The first kappa shape index (κ1) is 12.6. The predicted molar refractivity (Wildman–Crippen MR) is 19.2 cm³/mol. The van der Waals surface area contributed by atoms with Crippen LogP contribution < -0.4 is 29.6 Å². The van der Waals surface area contributed by atoms with E-state index in [1.54, 1.807) is 0 Å². The Morgan fingerprint density at radius 3 is 1.44 bits per heavy atom. The molecule has 0 bridgehead atoms. The molecule has 0 heterocycles. The maximum Gasteiger partial charge on any atom is 1.00 e. The quantitative estimate of drug-likeness (QED) is 0.323. The summed E-state index contributed by atoms with van der Waals surface area (Å²) in [6, 6.07) is 0. The molecule has 0 fully saturated rings. The molecule has 52 valence electrons. The van der Waals surface area contributed by atoms with Crippen molar-refractivity contribution in [3.63, 3.8) is 0 Å². The van der Waals surface area contributed by atoms with Crippen LogP contribution in [0, 0.1) is 0 Å². The van der Waals surface area contributed by atoms with Crippen molar-refractivity contribution in [1.29, 1.82) is 0 Å². The molecule has 0 amide bonds. The van der Waals surface area contributed by atoms with Crippen LogP contribution in [-0.2, 0) is 4.57 Å². The minimum Gasteiger partial charge on any atom is -1.00 e. The van der Waals surface area contributed by atoms with Crippen molar-refractivity contribution in [2.45, 2.75) is 5.92 Å². The first-order valence-corrected chi connectivity index (χ1v) is 2.99. The third-order valence-electron chi connectivity index (χ3n) is 0.330. The van der Waals surface area contributed by atoms with Crippen molar-refractivity contribution >= 4 is 7.60 Å². The Morgan fingerprint density at radius 2 is 1.44 bits per heavy atom. The first-order valence-electron chi connectivity index (χ1n) is 1.37. The molecule has 0 aromatic rings. The van der Waals surface area contributed by atoms with Gasteiger partial charge in [0, 0.05) is 0 Å². The molecule has 8 heteroatoms. The number of alkyl halides is 3. The summed E-state index contributed by atoms with van der Waals surface area (Å²) in [6.45, 7) is 0. The van der Waals surface area contributed by atoms with Gasteiger partial charge in [-0.25, -0.2) is 0 Å². The number of hydrogen-bond donors (Lipinski definition) is 2. The Labute approximate surface area is 72.2 Å². The molecular weight excluding hydrogens is 171 g/mol. The second-order valence-electron chi connectivity index (χ2n) is 1.01. The van der Waals surface area contributed by atoms with Crippen LogP contribution in [0.3, 0.4) is 0 Å². The van der Waals surface area contributed by atoms with Gasteiger partial charge in [0.2, 0.25) is 0 Å². The molecule has 0 aromatic heterocycles. The Morgan fingerprint density at radius 1 is 1.33 bits per heavy atom. The molecular formula is CH3F3NaO3P. The zero-order valence-electron chi connectivity index (χ0n) is 5.38. The summed E-state index contributed by atoms with van der Waals surface area (Å²) in [5.41, 5.74) is 0. The normalized spacial score (nSPS) is 12.6. The van der Waals surface area contributed by atoms with Crippen molar-refractivity contribution in [1.82, 2.24) is 0 Å². The SMILES string of the molecule is O=P(O)(O)C(F)(F)F.[H-].[Na+]. The van der Waals surface area contributed by atoms with Gasteiger partial charge in [-0.3, -0.25) is 4.57 Å². The van der Waals surface area contributed by atoms with Crippen molar-refractivity contribution in [2.24, 2.45) is 0 Å². The third kappa shape index (κ3) is 4.36. The third-order valence-corrected chi connectivity index (χ3v) is 0.991. The van der Waals surface area contributed by atoms with E-state index >= 15 is 0 Å². The van der Waals surface area contributed by atoms with Crippen LogP contribution >= 0.6 is 7.60 Å². The minimum absolute atomic E-state index is 0. The summed E-state index contributed by atoms with van der Waals surface area (Å²) < 4.78 is 41.6. The second kappa shape index (κ2) is 3.37. The van der Waals surface area contributed by atoms with Crippen molar-refractivity contribution in [2.75, 3.05) is 0 Å². The van der Waals surface area contributed by atoms with Crippen molar-refractivity contribution in [3.8, 4) is 0 Å². The van der Waals surface area contributed by atoms with Gasteiger partial charge in [-0.2, -0.15) is 13.2 Å². The van der Waals surface area contributed by atoms with Crippen LogP contribution in [0.2, 0.25) is 0 Å². The Balaban J connectivity index is -0.000000245. The molecule has 0 atom stereocenters. The van der Waals surface area contributed by atoms with Gasteiger partial charge in [-0.15, -0.1) is 0 Å². The first-order chi connectivity index (χ1) is 3.25. The second-order valence-corrected chi connectivity index (χ2v) is 2.61. The van der Waals surface area contributed by atoms with Gasteiger partial charge in [0.15, 0.2) is 0 Å². The molecule has 0 saturated heterocycles. The van der Waals surface area contributed by atoms with E-state index in [1.165, 1.54) is 0 Å². The zero-order chi connectivity index (χ0) is 7.00. The standard InChI is InChI=1S/CH2F3O3P.Na.H/c2-1(3,4)8(5,6)7;;/h(H2,5,6,7);;/q;+1;-1. The fourth-order valence-electron chi connectivity index (χ4n) is 0. The van der Waals surface area contributed by atoms with E-state index < -0.39 is 13.5 Å². The van der Waals surface area contributed by atoms with Crippen molar-refractivity contribution < 1.29 is 58.5 Å². The Bertz CT molecular complexity index is 130. The summed E-state index contributed by atoms with van der Waals surface area (Å²) in [4.78, 5) is 14.7. The monoisotopic (exact) mass is 174 g/mol. The molecule has 0 aromatic carbocycles. The van der Waals surface area contributed by atoms with E-state index in [-0.39, 0.29) is 31.0 Å². The van der Waals surface area contributed by atoms with Gasteiger partial charge < -0.3 is 11.2 Å². The molecule has 0 radical (unpaired) electrons. The maximum absolute atomic E-state index is 10.8. The zero-order valence-corrected chi connectivity index (χ0v) is 7.28. The van der Waals surface area contributed by atoms with E-state index in [1.807, 2.05) is 0 Å². The fourth-order valence-corrected chi connectivity index (χ4v) is 0. The van der Waals surface area contributed by atoms with Gasteiger partial charge in [0.05, 0.1) is 0 Å². The smallest absolute Gasteiger partial charge is 1.00 e. The molecule has 0 unspecified atom stereocenters. The Hall–Kier alpha value is 0.940. The van der Waals surface area contributed by atoms with Gasteiger partial charge in [-0.05, 0) is 0 Å². The molecule has 0 saturated carbocycles. The topological polar surface area (TPSA) is 57.5 Å². The average Bonchev–Trinajstić information content (AvgIpc) is 1.25. The van der Waals surface area contributed by atoms with Crippen LogP contribution in [0.1, 0.15) is 1.43 Å². The van der Waals surface area contributed by atoms with Crippen LogP contribution in [0.4, 0.5) is 13.2 Å². The number of hydrogen-bond acceptors (Lipinski definition) is 1. The van der Waals surface area contributed by atoms with Gasteiger partial charge >= 0.3 is 43.1 Å². The van der Waals surface area contributed by atoms with E-state index in [9.17, 15) is 17.7 Å². The van der Waals surface area contributed by atoms with Gasteiger partial charge in [0.25, 0.3) is 0 Å². The summed E-state index contributed by atoms with van der Waals surface area (Å²) in [5.74, 6) is -5.40. The summed E-state index contributed by atoms with van der Waals surface area (Å²) in [5, 5.41) is 0. The molecule has 0 aliphatic rings. The van der Waals surface area contributed by atoms with Crippen LogP contribution in [0.5, 0.6) is 0 Å². The number of rotatable bonds is 0. The predicted octanol–water partition coefficient (Wildman–Crippen LogP) is -2.20. The van der Waals surface area contributed by atoms with Crippen LogP contribution in [0.25, 0.3) is 0 Å². The summed E-state index contributed by atoms with van der Waals surface area (Å²) >= 11 is 0. The fraction of sp³-hybridized carbons (Fsp3) is 1.00. The Kier molecular flexibility index (Phi) is 4.71. The summed E-state index contributed by atoms with van der Waals surface area (Å²) in [6.07, 6.45) is 0. The van der Waals surface area contributed by atoms with Crippen molar-refractivity contribution in [3.05, 3.63) is 0 Å². The largest absolute Gasteiger partial charge is 1.00 e. The number of halogens is 3. The molecule has 9 heavy (non-hydrogen) atoms. The van der Waals surface area contributed by atoms with E-state index in [2.05, 4.69) is 0 Å².